The molecular formula is C26H24FN3O3. The zero-order valence-electron chi connectivity index (χ0n) is 18.3. The van der Waals surface area contributed by atoms with E-state index in [1.807, 2.05) is 30.3 Å². The summed E-state index contributed by atoms with van der Waals surface area (Å²) in [5.41, 5.74) is 3.21. The monoisotopic (exact) mass is 445 g/mol. The summed E-state index contributed by atoms with van der Waals surface area (Å²) in [5.74, 6) is -1.67. The van der Waals surface area contributed by atoms with Gasteiger partial charge in [-0.05, 0) is 53.9 Å². The van der Waals surface area contributed by atoms with Crippen molar-refractivity contribution in [3.8, 4) is 0 Å². The summed E-state index contributed by atoms with van der Waals surface area (Å²) in [4.78, 5) is 40.7. The molecule has 1 heterocycles. The van der Waals surface area contributed by atoms with E-state index in [1.54, 1.807) is 42.2 Å². The maximum atomic E-state index is 13.4. The van der Waals surface area contributed by atoms with Gasteiger partial charge in [-0.15, -0.1) is 0 Å². The molecule has 3 amide bonds. The number of hydrogen-bond donors (Lipinski definition) is 1. The number of aryl methyl sites for hydroxylation is 1. The number of nitrogens with one attached hydrogen (secondary N) is 1. The van der Waals surface area contributed by atoms with Crippen molar-refractivity contribution in [3.05, 3.63) is 101 Å². The lowest BCUT2D eigenvalue weighted by molar-refractivity contribution is -0.156. The van der Waals surface area contributed by atoms with Gasteiger partial charge in [-0.2, -0.15) is 0 Å². The molecule has 0 aromatic heterocycles. The summed E-state index contributed by atoms with van der Waals surface area (Å²) < 4.78 is 13.4. The third-order valence-electron chi connectivity index (χ3n) is 5.62. The number of piperazine rings is 1. The lowest BCUT2D eigenvalue weighted by atomic mass is 10.1. The van der Waals surface area contributed by atoms with Crippen molar-refractivity contribution in [2.24, 2.45) is 0 Å². The average molecular weight is 445 g/mol. The van der Waals surface area contributed by atoms with E-state index in [9.17, 15) is 18.8 Å². The van der Waals surface area contributed by atoms with Crippen molar-refractivity contribution in [2.45, 2.75) is 20.0 Å². The van der Waals surface area contributed by atoms with E-state index in [1.165, 1.54) is 17.0 Å². The molecule has 6 nitrogen and oxygen atoms in total. The van der Waals surface area contributed by atoms with Gasteiger partial charge in [0.05, 0.1) is 0 Å². The van der Waals surface area contributed by atoms with Gasteiger partial charge in [0.25, 0.3) is 5.91 Å². The average Bonchev–Trinajstić information content (AvgIpc) is 2.82. The van der Waals surface area contributed by atoms with Crippen molar-refractivity contribution in [3.63, 3.8) is 0 Å². The number of hydrogen-bond acceptors (Lipinski definition) is 3. The normalized spacial score (nSPS) is 13.9. The predicted octanol–water partition coefficient (Wildman–Crippen LogP) is 3.76. The Morgan fingerprint density at radius 2 is 1.42 bits per heavy atom. The molecule has 0 saturated carbocycles. The fourth-order valence-electron chi connectivity index (χ4n) is 3.73. The first-order chi connectivity index (χ1) is 15.9. The van der Waals surface area contributed by atoms with E-state index < -0.39 is 11.8 Å². The van der Waals surface area contributed by atoms with Gasteiger partial charge in [-0.3, -0.25) is 14.4 Å². The van der Waals surface area contributed by atoms with Gasteiger partial charge in [0, 0.05) is 37.4 Å². The molecule has 7 heteroatoms. The highest BCUT2D eigenvalue weighted by molar-refractivity contribution is 6.35. The minimum absolute atomic E-state index is 0.294. The van der Waals surface area contributed by atoms with E-state index in [4.69, 9.17) is 0 Å². The standard InChI is InChI=1S/C26H24FN3O3/c1-18-15-22(11-12-23(18)27)28-24(31)21-9-7-20(8-10-21)17-30-14-13-29(25(32)26(30)33)16-19-5-3-2-4-6-19/h2-12,15H,13-14,16-17H2,1H3,(H,28,31). The molecule has 0 bridgehead atoms. The lowest BCUT2D eigenvalue weighted by Gasteiger charge is -2.33. The van der Waals surface area contributed by atoms with E-state index in [0.717, 1.165) is 11.1 Å². The van der Waals surface area contributed by atoms with Crippen molar-refractivity contribution in [1.29, 1.82) is 0 Å². The Bertz CT molecular complexity index is 1180. The number of halogens is 1. The van der Waals surface area contributed by atoms with Crippen molar-refractivity contribution >= 4 is 23.4 Å². The van der Waals surface area contributed by atoms with Crippen molar-refractivity contribution < 1.29 is 18.8 Å². The Hall–Kier alpha value is -4.00. The van der Waals surface area contributed by atoms with Crippen LogP contribution in [0.3, 0.4) is 0 Å². The molecule has 0 radical (unpaired) electrons. The van der Waals surface area contributed by atoms with Crippen LogP contribution < -0.4 is 5.32 Å². The highest BCUT2D eigenvalue weighted by Crippen LogP contribution is 2.17. The van der Waals surface area contributed by atoms with E-state index in [0.29, 0.717) is 43.0 Å². The second-order valence-corrected chi connectivity index (χ2v) is 8.05. The van der Waals surface area contributed by atoms with Gasteiger partial charge in [0.15, 0.2) is 0 Å². The number of carbonyl (C=O) groups excluding carboxylic acids is 3. The second-order valence-electron chi connectivity index (χ2n) is 8.05. The Labute approximate surface area is 191 Å². The molecule has 0 atom stereocenters. The third-order valence-corrected chi connectivity index (χ3v) is 5.62. The van der Waals surface area contributed by atoms with E-state index >= 15 is 0 Å². The molecular weight excluding hydrogens is 421 g/mol. The van der Waals surface area contributed by atoms with Gasteiger partial charge in [-0.1, -0.05) is 42.5 Å². The largest absolute Gasteiger partial charge is 0.328 e. The van der Waals surface area contributed by atoms with Gasteiger partial charge in [0.1, 0.15) is 5.82 Å². The third kappa shape index (κ3) is 5.26. The van der Waals surface area contributed by atoms with Crippen LogP contribution in [0.1, 0.15) is 27.0 Å². The van der Waals surface area contributed by atoms with Crippen LogP contribution in [0.5, 0.6) is 0 Å². The van der Waals surface area contributed by atoms with Gasteiger partial charge in [-0.25, -0.2) is 4.39 Å². The topological polar surface area (TPSA) is 69.7 Å². The van der Waals surface area contributed by atoms with Crippen LogP contribution in [0, 0.1) is 12.7 Å². The first kappa shape index (κ1) is 22.2. The number of amides is 3. The van der Waals surface area contributed by atoms with Gasteiger partial charge >= 0.3 is 11.8 Å². The molecule has 3 aromatic carbocycles. The highest BCUT2D eigenvalue weighted by atomic mass is 19.1. The molecule has 33 heavy (non-hydrogen) atoms. The van der Waals surface area contributed by atoms with Crippen LogP contribution in [0.2, 0.25) is 0 Å². The Balaban J connectivity index is 1.35. The SMILES string of the molecule is Cc1cc(NC(=O)c2ccc(CN3CCN(Cc4ccccc4)C(=O)C3=O)cc2)ccc1F. The van der Waals surface area contributed by atoms with Crippen LogP contribution >= 0.6 is 0 Å². The van der Waals surface area contributed by atoms with Crippen LogP contribution in [-0.2, 0) is 22.7 Å². The van der Waals surface area contributed by atoms with Crippen molar-refractivity contribution in [1.82, 2.24) is 9.80 Å². The number of benzene rings is 3. The molecule has 1 saturated heterocycles. The molecule has 1 aliphatic heterocycles. The van der Waals surface area contributed by atoms with Crippen LogP contribution in [0.4, 0.5) is 10.1 Å². The number of rotatable bonds is 6. The Kier molecular flexibility index (Phi) is 6.49. The lowest BCUT2D eigenvalue weighted by Crippen LogP contribution is -2.53. The van der Waals surface area contributed by atoms with Gasteiger partial charge < -0.3 is 15.1 Å². The molecule has 3 aromatic rings. The summed E-state index contributed by atoms with van der Waals surface area (Å²) in [5, 5.41) is 2.74. The maximum absolute atomic E-state index is 13.4. The molecule has 0 spiro atoms. The zero-order valence-corrected chi connectivity index (χ0v) is 18.3. The molecule has 0 aliphatic carbocycles. The zero-order chi connectivity index (χ0) is 23.4. The fourth-order valence-corrected chi connectivity index (χ4v) is 3.73. The summed E-state index contributed by atoms with van der Waals surface area (Å²) in [6.07, 6.45) is 0. The number of anilines is 1. The van der Waals surface area contributed by atoms with Crippen LogP contribution in [0.15, 0.2) is 72.8 Å². The van der Waals surface area contributed by atoms with Gasteiger partial charge in [0.2, 0.25) is 0 Å². The van der Waals surface area contributed by atoms with Crippen molar-refractivity contribution in [2.75, 3.05) is 18.4 Å². The predicted molar refractivity (Wildman–Crippen MR) is 123 cm³/mol. The van der Waals surface area contributed by atoms with Crippen LogP contribution in [-0.4, -0.2) is 40.6 Å². The molecule has 1 fully saturated rings. The van der Waals surface area contributed by atoms with E-state index in [-0.39, 0.29) is 11.7 Å². The smallest absolute Gasteiger partial charge is 0.312 e. The highest BCUT2D eigenvalue weighted by Gasteiger charge is 2.32. The first-order valence-corrected chi connectivity index (χ1v) is 10.7. The molecule has 168 valence electrons. The summed E-state index contributed by atoms with van der Waals surface area (Å²) in [6.45, 7) is 3.26. The summed E-state index contributed by atoms with van der Waals surface area (Å²) in [7, 11) is 0. The Morgan fingerprint density at radius 1 is 0.848 bits per heavy atom. The van der Waals surface area contributed by atoms with E-state index in [2.05, 4.69) is 5.32 Å². The fraction of sp³-hybridized carbons (Fsp3) is 0.192. The summed E-state index contributed by atoms with van der Waals surface area (Å²) in [6, 6.07) is 20.8. The summed E-state index contributed by atoms with van der Waals surface area (Å²) >= 11 is 0. The molecule has 0 unspecified atom stereocenters. The molecule has 1 aliphatic rings. The minimum Gasteiger partial charge on any atom is -0.328 e. The quantitative estimate of drug-likeness (QED) is 0.588. The molecule has 1 N–H and O–H groups in total. The minimum atomic E-state index is -0.523. The maximum Gasteiger partial charge on any atom is 0.312 e. The second kappa shape index (κ2) is 9.65. The Morgan fingerprint density at radius 3 is 2.00 bits per heavy atom. The number of carbonyl (C=O) groups is 3. The van der Waals surface area contributed by atoms with Crippen LogP contribution in [0.25, 0.3) is 0 Å². The molecule has 4 rings (SSSR count). The first-order valence-electron chi connectivity index (χ1n) is 10.7. The number of nitrogens with zero attached hydrogens (tertiary/aromatic N) is 2.